The maximum atomic E-state index is 9.66. The number of nitriles is 1. The lowest BCUT2D eigenvalue weighted by Gasteiger charge is -2.40. The summed E-state index contributed by atoms with van der Waals surface area (Å²) in [5, 5.41) is 9.53. The van der Waals surface area contributed by atoms with Crippen LogP contribution in [0.15, 0.2) is 60.7 Å². The molecular formula is C21H25ClN2. The average molecular weight is 341 g/mol. The quantitative estimate of drug-likeness (QED) is 0.645. The molecule has 0 saturated carbocycles. The van der Waals surface area contributed by atoms with Gasteiger partial charge in [-0.15, -0.1) is 11.6 Å². The van der Waals surface area contributed by atoms with Gasteiger partial charge in [-0.25, -0.2) is 0 Å². The summed E-state index contributed by atoms with van der Waals surface area (Å²) in [7, 11) is 0. The Kier molecular flexibility index (Phi) is 6.43. The molecule has 0 radical (unpaired) electrons. The minimum absolute atomic E-state index is 0.0513. The highest BCUT2D eigenvalue weighted by molar-refractivity contribution is 6.20. The predicted molar refractivity (Wildman–Crippen MR) is 101 cm³/mol. The number of hydrogen-bond acceptors (Lipinski definition) is 2. The third-order valence-electron chi connectivity index (χ3n) is 4.31. The van der Waals surface area contributed by atoms with Crippen molar-refractivity contribution in [3.05, 3.63) is 71.8 Å². The van der Waals surface area contributed by atoms with E-state index in [9.17, 15) is 5.26 Å². The minimum atomic E-state index is -0.537. The van der Waals surface area contributed by atoms with Crippen LogP contribution in [0.1, 0.15) is 31.9 Å². The highest BCUT2D eigenvalue weighted by Gasteiger charge is 2.37. The van der Waals surface area contributed by atoms with Gasteiger partial charge in [0.25, 0.3) is 0 Å². The molecule has 2 atom stereocenters. The molecule has 2 aromatic carbocycles. The predicted octanol–water partition coefficient (Wildman–Crippen LogP) is 5.23. The third kappa shape index (κ3) is 4.84. The number of nitrogens with zero attached hydrogens (tertiary/aromatic N) is 2. The van der Waals surface area contributed by atoms with E-state index in [2.05, 4.69) is 35.2 Å². The molecule has 0 heterocycles. The van der Waals surface area contributed by atoms with Crippen LogP contribution < -0.4 is 0 Å². The Labute approximate surface area is 150 Å². The van der Waals surface area contributed by atoms with Crippen molar-refractivity contribution in [1.29, 1.82) is 5.26 Å². The summed E-state index contributed by atoms with van der Waals surface area (Å²) in [4.78, 5) is 2.32. The molecule has 0 fully saturated rings. The first-order valence-corrected chi connectivity index (χ1v) is 8.75. The maximum Gasteiger partial charge on any atom is 0.0701 e. The summed E-state index contributed by atoms with van der Waals surface area (Å²) in [6.45, 7) is 7.46. The fourth-order valence-electron chi connectivity index (χ4n) is 3.28. The van der Waals surface area contributed by atoms with E-state index in [-0.39, 0.29) is 11.4 Å². The molecular weight excluding hydrogens is 316 g/mol. The van der Waals surface area contributed by atoms with Gasteiger partial charge in [-0.05, 0) is 31.9 Å². The van der Waals surface area contributed by atoms with E-state index in [0.717, 1.165) is 13.1 Å². The molecule has 2 aromatic rings. The van der Waals surface area contributed by atoms with Crippen LogP contribution in [-0.4, -0.2) is 16.3 Å². The minimum Gasteiger partial charge on any atom is -0.289 e. The van der Waals surface area contributed by atoms with Crippen molar-refractivity contribution in [2.45, 2.75) is 45.3 Å². The van der Waals surface area contributed by atoms with E-state index in [1.54, 1.807) is 0 Å². The fraction of sp³-hybridized carbons (Fsp3) is 0.381. The van der Waals surface area contributed by atoms with Gasteiger partial charge in [0.15, 0.2) is 0 Å². The van der Waals surface area contributed by atoms with Gasteiger partial charge in [0.2, 0.25) is 0 Å². The van der Waals surface area contributed by atoms with Crippen LogP contribution in [0.4, 0.5) is 0 Å². The Bertz CT molecular complexity index is 618. The highest BCUT2D eigenvalue weighted by atomic mass is 35.5. The van der Waals surface area contributed by atoms with Crippen LogP contribution in [-0.2, 0) is 13.1 Å². The van der Waals surface area contributed by atoms with Gasteiger partial charge in [0, 0.05) is 24.5 Å². The number of alkyl halides is 1. The smallest absolute Gasteiger partial charge is 0.0701 e. The molecule has 3 heteroatoms. The second-order valence-corrected chi connectivity index (χ2v) is 7.52. The molecule has 0 aliphatic heterocycles. The van der Waals surface area contributed by atoms with Gasteiger partial charge in [0.1, 0.15) is 0 Å². The van der Waals surface area contributed by atoms with Crippen molar-refractivity contribution in [3.63, 3.8) is 0 Å². The van der Waals surface area contributed by atoms with Gasteiger partial charge in [-0.1, -0.05) is 60.7 Å². The molecule has 0 aromatic heterocycles. The van der Waals surface area contributed by atoms with Crippen LogP contribution in [0.2, 0.25) is 0 Å². The summed E-state index contributed by atoms with van der Waals surface area (Å²) in [5.74, 6) is 0. The normalized spacial score (nSPS) is 14.2. The average Bonchev–Trinajstić information content (AvgIpc) is 2.56. The number of hydrogen-bond donors (Lipinski definition) is 0. The van der Waals surface area contributed by atoms with Crippen molar-refractivity contribution in [3.8, 4) is 6.07 Å². The van der Waals surface area contributed by atoms with Gasteiger partial charge in [-0.3, -0.25) is 4.90 Å². The van der Waals surface area contributed by atoms with E-state index >= 15 is 0 Å². The molecule has 2 rings (SSSR count). The summed E-state index contributed by atoms with van der Waals surface area (Å²) in [6, 6.07) is 23.1. The number of rotatable bonds is 7. The van der Waals surface area contributed by atoms with Gasteiger partial charge in [-0.2, -0.15) is 5.26 Å². The first-order chi connectivity index (χ1) is 11.4. The van der Waals surface area contributed by atoms with Crippen molar-refractivity contribution in [2.75, 3.05) is 0 Å². The van der Waals surface area contributed by atoms with Gasteiger partial charge < -0.3 is 0 Å². The van der Waals surface area contributed by atoms with E-state index in [1.807, 2.05) is 57.2 Å². The zero-order valence-corrected chi connectivity index (χ0v) is 15.4. The van der Waals surface area contributed by atoms with E-state index < -0.39 is 5.41 Å². The largest absolute Gasteiger partial charge is 0.289 e. The monoisotopic (exact) mass is 340 g/mol. The molecule has 0 aliphatic carbocycles. The first-order valence-electron chi connectivity index (χ1n) is 8.31. The molecule has 0 bridgehead atoms. The molecule has 0 aliphatic rings. The third-order valence-corrected chi connectivity index (χ3v) is 4.55. The molecule has 0 unspecified atom stereocenters. The Balaban J connectivity index is 2.35. The molecule has 0 saturated heterocycles. The second kappa shape index (κ2) is 8.33. The zero-order chi connectivity index (χ0) is 17.6. The van der Waals surface area contributed by atoms with Crippen LogP contribution >= 0.6 is 11.6 Å². The summed E-state index contributed by atoms with van der Waals surface area (Å²) in [6.07, 6.45) is 0. The van der Waals surface area contributed by atoms with Gasteiger partial charge in [0.05, 0.1) is 11.5 Å². The Morgan fingerprint density at radius 3 is 1.71 bits per heavy atom. The summed E-state index contributed by atoms with van der Waals surface area (Å²) < 4.78 is 0. The van der Waals surface area contributed by atoms with Crippen molar-refractivity contribution < 1.29 is 0 Å². The zero-order valence-electron chi connectivity index (χ0n) is 14.6. The number of halogens is 1. The lowest BCUT2D eigenvalue weighted by molar-refractivity contribution is 0.104. The van der Waals surface area contributed by atoms with Crippen molar-refractivity contribution in [2.24, 2.45) is 5.41 Å². The highest BCUT2D eigenvalue weighted by Crippen LogP contribution is 2.32. The van der Waals surface area contributed by atoms with Crippen LogP contribution in [0.25, 0.3) is 0 Å². The van der Waals surface area contributed by atoms with Crippen LogP contribution in [0, 0.1) is 16.7 Å². The SMILES string of the molecule is C[C@@H](Cl)[C@H](N(Cc1ccccc1)Cc1ccccc1)C(C)(C)C#N. The maximum absolute atomic E-state index is 9.66. The topological polar surface area (TPSA) is 27.0 Å². The Hall–Kier alpha value is -1.82. The first kappa shape index (κ1) is 18.5. The lowest BCUT2D eigenvalue weighted by atomic mass is 9.82. The Morgan fingerprint density at radius 1 is 0.958 bits per heavy atom. The van der Waals surface area contributed by atoms with Crippen molar-refractivity contribution >= 4 is 11.6 Å². The Morgan fingerprint density at radius 2 is 1.38 bits per heavy atom. The van der Waals surface area contributed by atoms with Crippen molar-refractivity contribution in [1.82, 2.24) is 4.90 Å². The standard InChI is InChI=1S/C21H25ClN2/c1-17(22)20(21(2,3)16-23)24(14-18-10-6-4-7-11-18)15-19-12-8-5-9-13-19/h4-13,17,20H,14-15H2,1-3H3/t17-,20+/m1/s1. The molecule has 0 amide bonds. The molecule has 0 spiro atoms. The summed E-state index contributed by atoms with van der Waals surface area (Å²) in [5.41, 5.74) is 1.92. The van der Waals surface area contributed by atoms with Gasteiger partial charge >= 0.3 is 0 Å². The lowest BCUT2D eigenvalue weighted by Crippen LogP contribution is -2.48. The second-order valence-electron chi connectivity index (χ2n) is 6.83. The van der Waals surface area contributed by atoms with E-state index in [4.69, 9.17) is 11.6 Å². The fourth-order valence-corrected chi connectivity index (χ4v) is 3.75. The molecule has 126 valence electrons. The van der Waals surface area contributed by atoms with E-state index in [0.29, 0.717) is 0 Å². The van der Waals surface area contributed by atoms with Crippen LogP contribution in [0.3, 0.4) is 0 Å². The van der Waals surface area contributed by atoms with Crippen LogP contribution in [0.5, 0.6) is 0 Å². The number of benzene rings is 2. The van der Waals surface area contributed by atoms with E-state index in [1.165, 1.54) is 11.1 Å². The summed E-state index contributed by atoms with van der Waals surface area (Å²) >= 11 is 6.54. The molecule has 2 nitrogen and oxygen atoms in total. The molecule has 24 heavy (non-hydrogen) atoms. The molecule has 0 N–H and O–H groups in total.